The van der Waals surface area contributed by atoms with Gasteiger partial charge in [0.15, 0.2) is 0 Å². The maximum absolute atomic E-state index is 12.6. The Morgan fingerprint density at radius 3 is 2.57 bits per heavy atom. The monoisotopic (exact) mass is 408 g/mol. The fourth-order valence-electron chi connectivity index (χ4n) is 3.42. The number of carbonyl (C=O) groups is 2. The number of nitrogens with one attached hydrogen (secondary N) is 1. The van der Waals surface area contributed by atoms with E-state index < -0.39 is 17.2 Å². The first-order valence-electron chi connectivity index (χ1n) is 9.34. The summed E-state index contributed by atoms with van der Waals surface area (Å²) >= 11 is 0.894. The Labute approximate surface area is 165 Å². The number of amides is 1. The minimum absolute atomic E-state index is 0.00543. The lowest BCUT2D eigenvalue weighted by molar-refractivity contribution is -0.121. The van der Waals surface area contributed by atoms with Crippen molar-refractivity contribution in [3.8, 4) is 0 Å². The van der Waals surface area contributed by atoms with E-state index in [0.29, 0.717) is 17.8 Å². The van der Waals surface area contributed by atoms with Gasteiger partial charge in [0.05, 0.1) is 5.39 Å². The summed E-state index contributed by atoms with van der Waals surface area (Å²) in [6.45, 7) is 2.96. The van der Waals surface area contributed by atoms with Crippen LogP contribution in [-0.4, -0.2) is 57.2 Å². The standard InChI is InChI=1S/C18H24N4O5S/c1-20-16-12(11-13(28-16)17(25)26)15(24)22(18(20)27)10-6-19-14(23)5-9-21-7-3-2-4-8-21/h11H,2-10H2,1H3,(H,19,23)(H,25,26). The number of rotatable bonds is 7. The van der Waals surface area contributed by atoms with Gasteiger partial charge in [-0.25, -0.2) is 9.59 Å². The number of hydrogen-bond donors (Lipinski definition) is 2. The smallest absolute Gasteiger partial charge is 0.345 e. The normalized spacial score (nSPS) is 15.0. The molecule has 0 aromatic carbocycles. The van der Waals surface area contributed by atoms with E-state index in [1.54, 1.807) is 0 Å². The Kier molecular flexibility index (Phi) is 6.30. The molecule has 1 amide bonds. The van der Waals surface area contributed by atoms with E-state index in [9.17, 15) is 19.2 Å². The van der Waals surface area contributed by atoms with Gasteiger partial charge in [0.25, 0.3) is 5.56 Å². The van der Waals surface area contributed by atoms with Gasteiger partial charge in [-0.3, -0.25) is 18.7 Å². The minimum atomic E-state index is -1.14. The van der Waals surface area contributed by atoms with E-state index >= 15 is 0 Å². The van der Waals surface area contributed by atoms with Gasteiger partial charge in [0.1, 0.15) is 9.71 Å². The van der Waals surface area contributed by atoms with Crippen LogP contribution in [0.2, 0.25) is 0 Å². The molecule has 152 valence electrons. The molecule has 2 aromatic rings. The van der Waals surface area contributed by atoms with E-state index in [0.717, 1.165) is 29.0 Å². The number of carboxylic acids is 1. The van der Waals surface area contributed by atoms with Gasteiger partial charge in [0.2, 0.25) is 5.91 Å². The number of piperidine rings is 1. The molecular formula is C18H24N4O5S. The molecule has 2 aromatic heterocycles. The number of thiophene rings is 1. The summed E-state index contributed by atoms with van der Waals surface area (Å²) in [5.41, 5.74) is -1.07. The number of likely N-dealkylation sites (tertiary alicyclic amines) is 1. The van der Waals surface area contributed by atoms with Crippen molar-refractivity contribution in [2.45, 2.75) is 32.2 Å². The van der Waals surface area contributed by atoms with Gasteiger partial charge in [0, 0.05) is 33.1 Å². The predicted octanol–water partition coefficient (Wildman–Crippen LogP) is 0.452. The van der Waals surface area contributed by atoms with E-state index in [1.807, 2.05) is 0 Å². The topological polar surface area (TPSA) is 114 Å². The zero-order valence-corrected chi connectivity index (χ0v) is 16.6. The average Bonchev–Trinajstić information content (AvgIpc) is 3.14. The van der Waals surface area contributed by atoms with Gasteiger partial charge in [-0.15, -0.1) is 11.3 Å². The van der Waals surface area contributed by atoms with Gasteiger partial charge in [-0.05, 0) is 32.0 Å². The number of carbonyl (C=O) groups excluding carboxylic acids is 1. The number of nitrogens with zero attached hydrogens (tertiary/aromatic N) is 3. The summed E-state index contributed by atoms with van der Waals surface area (Å²) in [6, 6.07) is 1.29. The van der Waals surface area contributed by atoms with Crippen LogP contribution < -0.4 is 16.6 Å². The lowest BCUT2D eigenvalue weighted by atomic mass is 10.1. The lowest BCUT2D eigenvalue weighted by Crippen LogP contribution is -2.42. The maximum atomic E-state index is 12.6. The molecule has 3 heterocycles. The number of fused-ring (bicyclic) bond motifs is 1. The first kappa shape index (κ1) is 20.3. The van der Waals surface area contributed by atoms with Crippen LogP contribution in [0.4, 0.5) is 0 Å². The molecule has 0 atom stereocenters. The highest BCUT2D eigenvalue weighted by Crippen LogP contribution is 2.21. The van der Waals surface area contributed by atoms with Crippen LogP contribution in [0.5, 0.6) is 0 Å². The Bertz CT molecular complexity index is 1000. The van der Waals surface area contributed by atoms with Crippen LogP contribution in [0, 0.1) is 0 Å². The molecule has 10 heteroatoms. The van der Waals surface area contributed by atoms with Crippen molar-refractivity contribution < 1.29 is 14.7 Å². The fraction of sp³-hybridized carbons (Fsp3) is 0.556. The predicted molar refractivity (Wildman–Crippen MR) is 106 cm³/mol. The molecule has 0 spiro atoms. The largest absolute Gasteiger partial charge is 0.477 e. The third-order valence-electron chi connectivity index (χ3n) is 4.98. The zero-order chi connectivity index (χ0) is 20.3. The summed E-state index contributed by atoms with van der Waals surface area (Å²) in [6.07, 6.45) is 3.97. The van der Waals surface area contributed by atoms with Crippen molar-refractivity contribution in [2.24, 2.45) is 7.05 Å². The molecule has 1 aliphatic rings. The van der Waals surface area contributed by atoms with Crippen LogP contribution in [0.3, 0.4) is 0 Å². The summed E-state index contributed by atoms with van der Waals surface area (Å²) in [7, 11) is 1.50. The third kappa shape index (κ3) is 4.33. The van der Waals surface area contributed by atoms with Crippen LogP contribution in [0.1, 0.15) is 35.4 Å². The molecule has 3 rings (SSSR count). The van der Waals surface area contributed by atoms with Gasteiger partial charge in [-0.1, -0.05) is 6.42 Å². The molecule has 28 heavy (non-hydrogen) atoms. The molecule has 9 nitrogen and oxygen atoms in total. The van der Waals surface area contributed by atoms with Crippen LogP contribution in [0.15, 0.2) is 15.7 Å². The Hall–Kier alpha value is -2.46. The summed E-state index contributed by atoms with van der Waals surface area (Å²) in [4.78, 5) is 50.8. The van der Waals surface area contributed by atoms with Crippen LogP contribution in [-0.2, 0) is 18.4 Å². The van der Waals surface area contributed by atoms with Crippen LogP contribution in [0.25, 0.3) is 10.2 Å². The quantitative estimate of drug-likeness (QED) is 0.688. The van der Waals surface area contributed by atoms with Crippen LogP contribution >= 0.6 is 11.3 Å². The average molecular weight is 408 g/mol. The number of aromatic nitrogens is 2. The van der Waals surface area contributed by atoms with Crippen molar-refractivity contribution in [1.29, 1.82) is 0 Å². The summed E-state index contributed by atoms with van der Waals surface area (Å²) < 4.78 is 2.30. The molecule has 0 unspecified atom stereocenters. The zero-order valence-electron chi connectivity index (χ0n) is 15.8. The van der Waals surface area contributed by atoms with E-state index in [4.69, 9.17) is 5.11 Å². The highest BCUT2D eigenvalue weighted by atomic mass is 32.1. The van der Waals surface area contributed by atoms with Gasteiger partial charge in [-0.2, -0.15) is 0 Å². The molecule has 0 aliphatic carbocycles. The Morgan fingerprint density at radius 1 is 1.18 bits per heavy atom. The van der Waals surface area contributed by atoms with Crippen molar-refractivity contribution in [3.63, 3.8) is 0 Å². The molecule has 1 aliphatic heterocycles. The minimum Gasteiger partial charge on any atom is -0.477 e. The number of carboxylic acid groups (broad SMARTS) is 1. The first-order valence-corrected chi connectivity index (χ1v) is 10.2. The molecule has 2 N–H and O–H groups in total. The van der Waals surface area contributed by atoms with Crippen molar-refractivity contribution in [2.75, 3.05) is 26.2 Å². The van der Waals surface area contributed by atoms with E-state index in [2.05, 4.69) is 10.2 Å². The van der Waals surface area contributed by atoms with E-state index in [1.165, 1.54) is 36.9 Å². The number of aryl methyl sites for hydroxylation is 1. The van der Waals surface area contributed by atoms with E-state index in [-0.39, 0.29) is 29.3 Å². The van der Waals surface area contributed by atoms with Crippen molar-refractivity contribution in [3.05, 3.63) is 31.8 Å². The molecule has 1 fully saturated rings. The molecular weight excluding hydrogens is 384 g/mol. The summed E-state index contributed by atoms with van der Waals surface area (Å²) in [5.74, 6) is -1.25. The summed E-state index contributed by atoms with van der Waals surface area (Å²) in [5, 5.41) is 12.1. The molecule has 1 saturated heterocycles. The fourth-order valence-corrected chi connectivity index (χ4v) is 4.37. The van der Waals surface area contributed by atoms with Crippen molar-refractivity contribution >= 4 is 33.4 Å². The Balaban J connectivity index is 1.64. The van der Waals surface area contributed by atoms with Gasteiger partial charge < -0.3 is 15.3 Å². The molecule has 0 saturated carbocycles. The highest BCUT2D eigenvalue weighted by Gasteiger charge is 2.17. The second-order valence-electron chi connectivity index (χ2n) is 6.94. The first-order chi connectivity index (χ1) is 13.4. The Morgan fingerprint density at radius 2 is 1.89 bits per heavy atom. The third-order valence-corrected chi connectivity index (χ3v) is 6.18. The van der Waals surface area contributed by atoms with Crippen molar-refractivity contribution in [1.82, 2.24) is 19.4 Å². The number of hydrogen-bond acceptors (Lipinski definition) is 6. The second-order valence-corrected chi connectivity index (χ2v) is 7.97. The number of aromatic carboxylic acids is 1. The SMILES string of the molecule is Cn1c(=O)n(CCNC(=O)CCN2CCCCC2)c(=O)c2cc(C(=O)O)sc21. The molecule has 0 radical (unpaired) electrons. The lowest BCUT2D eigenvalue weighted by Gasteiger charge is -2.25. The maximum Gasteiger partial charge on any atom is 0.345 e. The molecule has 0 bridgehead atoms. The van der Waals surface area contributed by atoms with Gasteiger partial charge >= 0.3 is 11.7 Å². The second kappa shape index (κ2) is 8.70. The highest BCUT2D eigenvalue weighted by molar-refractivity contribution is 7.20.